The van der Waals surface area contributed by atoms with E-state index in [0.29, 0.717) is 12.1 Å². The molecule has 0 aliphatic carbocycles. The highest BCUT2D eigenvalue weighted by atomic mass is 19.1. The predicted molar refractivity (Wildman–Crippen MR) is 83.3 cm³/mol. The molecule has 0 unspecified atom stereocenters. The monoisotopic (exact) mass is 271 g/mol. The molecule has 0 aliphatic rings. The van der Waals surface area contributed by atoms with E-state index in [1.165, 1.54) is 5.56 Å². The van der Waals surface area contributed by atoms with Crippen molar-refractivity contribution < 1.29 is 4.39 Å². The first-order valence-electron chi connectivity index (χ1n) is 6.96. The molecule has 2 aromatic rings. The van der Waals surface area contributed by atoms with Gasteiger partial charge in [0.15, 0.2) is 0 Å². The topological polar surface area (TPSA) is 12.0 Å². The summed E-state index contributed by atoms with van der Waals surface area (Å²) >= 11 is 0. The Morgan fingerprint density at radius 1 is 0.950 bits per heavy atom. The first-order chi connectivity index (χ1) is 9.41. The van der Waals surface area contributed by atoms with Gasteiger partial charge in [-0.25, -0.2) is 4.39 Å². The van der Waals surface area contributed by atoms with Crippen LogP contribution in [0.4, 0.5) is 4.39 Å². The van der Waals surface area contributed by atoms with Crippen LogP contribution in [0.15, 0.2) is 42.5 Å². The molecule has 20 heavy (non-hydrogen) atoms. The van der Waals surface area contributed by atoms with Crippen LogP contribution in [0.2, 0.25) is 0 Å². The number of nitrogens with one attached hydrogen (secondary N) is 1. The predicted octanol–water partition coefficient (Wildman–Crippen LogP) is 4.51. The fourth-order valence-electron chi connectivity index (χ4n) is 2.22. The molecule has 0 radical (unpaired) electrons. The number of benzene rings is 2. The quantitative estimate of drug-likeness (QED) is 0.866. The van der Waals surface area contributed by atoms with Crippen molar-refractivity contribution in [2.24, 2.45) is 0 Å². The van der Waals surface area contributed by atoms with Gasteiger partial charge in [-0.05, 0) is 35.2 Å². The number of hydrogen-bond acceptors (Lipinski definition) is 1. The second-order valence-electron chi connectivity index (χ2n) is 6.16. The van der Waals surface area contributed by atoms with Crippen LogP contribution in [0.25, 0.3) is 11.1 Å². The molecule has 0 spiro atoms. The van der Waals surface area contributed by atoms with Crippen molar-refractivity contribution in [2.75, 3.05) is 7.05 Å². The third kappa shape index (κ3) is 3.26. The Morgan fingerprint density at radius 3 is 2.05 bits per heavy atom. The molecular weight excluding hydrogens is 249 g/mol. The van der Waals surface area contributed by atoms with E-state index in [1.807, 2.05) is 19.2 Å². The SMILES string of the molecule is CNCc1ccc(-c2ccc(C(C)(C)C)cc2)cc1F. The Bertz CT molecular complexity index is 579. The Kier molecular flexibility index (Phi) is 4.24. The van der Waals surface area contributed by atoms with E-state index in [0.717, 1.165) is 11.1 Å². The summed E-state index contributed by atoms with van der Waals surface area (Å²) in [7, 11) is 1.82. The Labute approximate surface area is 120 Å². The number of hydrogen-bond donors (Lipinski definition) is 1. The van der Waals surface area contributed by atoms with Crippen LogP contribution >= 0.6 is 0 Å². The summed E-state index contributed by atoms with van der Waals surface area (Å²) in [6, 6.07) is 13.8. The van der Waals surface area contributed by atoms with Crippen LogP contribution in [0.5, 0.6) is 0 Å². The van der Waals surface area contributed by atoms with Crippen LogP contribution in [-0.4, -0.2) is 7.05 Å². The average molecular weight is 271 g/mol. The third-order valence-corrected chi connectivity index (χ3v) is 3.50. The summed E-state index contributed by atoms with van der Waals surface area (Å²) in [5, 5.41) is 2.97. The average Bonchev–Trinajstić information content (AvgIpc) is 2.40. The lowest BCUT2D eigenvalue weighted by Crippen LogP contribution is -2.10. The minimum absolute atomic E-state index is 0.139. The van der Waals surface area contributed by atoms with Gasteiger partial charge in [0.25, 0.3) is 0 Å². The Balaban J connectivity index is 2.30. The van der Waals surface area contributed by atoms with Gasteiger partial charge in [-0.15, -0.1) is 0 Å². The van der Waals surface area contributed by atoms with Gasteiger partial charge in [0.05, 0.1) is 0 Å². The summed E-state index contributed by atoms with van der Waals surface area (Å²) in [6.45, 7) is 7.12. The van der Waals surface area contributed by atoms with Crippen LogP contribution in [0.3, 0.4) is 0 Å². The zero-order chi connectivity index (χ0) is 14.8. The first kappa shape index (κ1) is 14.7. The molecule has 2 heteroatoms. The van der Waals surface area contributed by atoms with Crippen molar-refractivity contribution in [2.45, 2.75) is 32.7 Å². The zero-order valence-electron chi connectivity index (χ0n) is 12.6. The van der Waals surface area contributed by atoms with Crippen LogP contribution < -0.4 is 5.32 Å². The smallest absolute Gasteiger partial charge is 0.128 e. The number of rotatable bonds is 3. The summed E-state index contributed by atoms with van der Waals surface area (Å²) in [4.78, 5) is 0. The molecule has 1 nitrogen and oxygen atoms in total. The lowest BCUT2D eigenvalue weighted by Gasteiger charge is -2.19. The van der Waals surface area contributed by atoms with Gasteiger partial charge < -0.3 is 5.32 Å². The van der Waals surface area contributed by atoms with Crippen LogP contribution in [-0.2, 0) is 12.0 Å². The van der Waals surface area contributed by atoms with Gasteiger partial charge >= 0.3 is 0 Å². The normalized spacial score (nSPS) is 11.7. The van der Waals surface area contributed by atoms with Crippen molar-refractivity contribution >= 4 is 0 Å². The van der Waals surface area contributed by atoms with Gasteiger partial charge in [-0.3, -0.25) is 0 Å². The van der Waals surface area contributed by atoms with E-state index in [4.69, 9.17) is 0 Å². The maximum Gasteiger partial charge on any atom is 0.128 e. The molecular formula is C18H22FN. The van der Waals surface area contributed by atoms with E-state index in [9.17, 15) is 4.39 Å². The standard InChI is InChI=1S/C18H22FN/c1-18(2,3)16-9-7-13(8-10-16)14-5-6-15(12-20-4)17(19)11-14/h5-11,20H,12H2,1-4H3. The molecule has 0 saturated heterocycles. The highest BCUT2D eigenvalue weighted by Gasteiger charge is 2.13. The Hall–Kier alpha value is -1.67. The highest BCUT2D eigenvalue weighted by molar-refractivity contribution is 5.64. The minimum atomic E-state index is -0.156. The molecule has 0 amide bonds. The molecule has 2 aromatic carbocycles. The van der Waals surface area contributed by atoms with Gasteiger partial charge in [0.1, 0.15) is 5.82 Å². The fourth-order valence-corrected chi connectivity index (χ4v) is 2.22. The molecule has 0 aliphatic heterocycles. The zero-order valence-corrected chi connectivity index (χ0v) is 12.6. The lowest BCUT2D eigenvalue weighted by molar-refractivity contribution is 0.590. The molecule has 0 bridgehead atoms. The lowest BCUT2D eigenvalue weighted by atomic mass is 9.86. The molecule has 0 fully saturated rings. The molecule has 2 rings (SSSR count). The van der Waals surface area contributed by atoms with Gasteiger partial charge in [0.2, 0.25) is 0 Å². The van der Waals surface area contributed by atoms with Crippen molar-refractivity contribution in [3.63, 3.8) is 0 Å². The summed E-state index contributed by atoms with van der Waals surface area (Å²) in [5.74, 6) is -0.156. The molecule has 0 heterocycles. The third-order valence-electron chi connectivity index (χ3n) is 3.50. The van der Waals surface area contributed by atoms with Crippen molar-refractivity contribution in [1.82, 2.24) is 5.32 Å². The number of halogens is 1. The largest absolute Gasteiger partial charge is 0.316 e. The maximum absolute atomic E-state index is 14.0. The van der Waals surface area contributed by atoms with Crippen molar-refractivity contribution in [1.29, 1.82) is 0 Å². The molecule has 0 atom stereocenters. The Morgan fingerprint density at radius 2 is 1.55 bits per heavy atom. The van der Waals surface area contributed by atoms with Crippen molar-refractivity contribution in [3.8, 4) is 11.1 Å². The van der Waals surface area contributed by atoms with E-state index in [-0.39, 0.29) is 11.2 Å². The van der Waals surface area contributed by atoms with Gasteiger partial charge in [-0.1, -0.05) is 57.2 Å². The molecule has 0 aromatic heterocycles. The fraction of sp³-hybridized carbons (Fsp3) is 0.333. The second kappa shape index (κ2) is 5.76. The summed E-state index contributed by atoms with van der Waals surface area (Å²) < 4.78 is 14.0. The van der Waals surface area contributed by atoms with E-state index < -0.39 is 0 Å². The minimum Gasteiger partial charge on any atom is -0.316 e. The van der Waals surface area contributed by atoms with Gasteiger partial charge in [0, 0.05) is 12.1 Å². The van der Waals surface area contributed by atoms with E-state index in [2.05, 4.69) is 50.4 Å². The van der Waals surface area contributed by atoms with E-state index >= 15 is 0 Å². The van der Waals surface area contributed by atoms with Crippen molar-refractivity contribution in [3.05, 3.63) is 59.4 Å². The summed E-state index contributed by atoms with van der Waals surface area (Å²) in [6.07, 6.45) is 0. The van der Waals surface area contributed by atoms with E-state index in [1.54, 1.807) is 6.07 Å². The maximum atomic E-state index is 14.0. The van der Waals surface area contributed by atoms with Crippen LogP contribution in [0, 0.1) is 5.82 Å². The van der Waals surface area contributed by atoms with Crippen LogP contribution in [0.1, 0.15) is 31.9 Å². The first-order valence-corrected chi connectivity index (χ1v) is 6.96. The molecule has 106 valence electrons. The second-order valence-corrected chi connectivity index (χ2v) is 6.16. The molecule has 1 N–H and O–H groups in total. The van der Waals surface area contributed by atoms with Gasteiger partial charge in [-0.2, -0.15) is 0 Å². The highest BCUT2D eigenvalue weighted by Crippen LogP contribution is 2.27. The molecule has 0 saturated carbocycles. The summed E-state index contributed by atoms with van der Waals surface area (Å²) in [5.41, 5.74) is 4.09.